The van der Waals surface area contributed by atoms with Gasteiger partial charge in [-0.1, -0.05) is 13.8 Å². The number of nitrogens with one attached hydrogen (secondary N) is 2. The van der Waals surface area contributed by atoms with E-state index in [2.05, 4.69) is 44.2 Å². The summed E-state index contributed by atoms with van der Waals surface area (Å²) in [6, 6.07) is 1.01. The van der Waals surface area contributed by atoms with E-state index in [1.807, 2.05) is 7.05 Å². The van der Waals surface area contributed by atoms with Crippen LogP contribution in [0.15, 0.2) is 4.99 Å². The molecule has 1 aliphatic carbocycles. The topological polar surface area (TPSA) is 67.1 Å². The van der Waals surface area contributed by atoms with E-state index in [4.69, 9.17) is 0 Å². The summed E-state index contributed by atoms with van der Waals surface area (Å²) in [5, 5.41) is 15.7. The van der Waals surface area contributed by atoms with Crippen molar-refractivity contribution in [2.75, 3.05) is 7.05 Å². The fourth-order valence-electron chi connectivity index (χ4n) is 3.00. The van der Waals surface area contributed by atoms with Gasteiger partial charge in [0.05, 0.1) is 0 Å². The first-order valence-corrected chi connectivity index (χ1v) is 8.09. The molecule has 0 amide bonds. The van der Waals surface area contributed by atoms with Gasteiger partial charge in [0.25, 0.3) is 0 Å². The predicted molar refractivity (Wildman–Crippen MR) is 98.9 cm³/mol. The van der Waals surface area contributed by atoms with Gasteiger partial charge in [-0.3, -0.25) is 4.99 Å². The molecule has 1 saturated carbocycles. The summed E-state index contributed by atoms with van der Waals surface area (Å²) in [5.41, 5.74) is 0. The Labute approximate surface area is 149 Å². The number of aromatic nitrogens is 3. The highest BCUT2D eigenvalue weighted by Crippen LogP contribution is 2.20. The van der Waals surface area contributed by atoms with Crippen LogP contribution in [0.1, 0.15) is 57.1 Å². The molecule has 1 unspecified atom stereocenters. The van der Waals surface area contributed by atoms with Crippen molar-refractivity contribution < 1.29 is 0 Å². The number of aryl methyl sites for hydroxylation is 1. The number of guanidine groups is 1. The molecule has 0 saturated heterocycles. The maximum atomic E-state index is 4.36. The van der Waals surface area contributed by atoms with Crippen molar-refractivity contribution in [1.82, 2.24) is 25.4 Å². The first-order chi connectivity index (χ1) is 10.2. The van der Waals surface area contributed by atoms with Crippen molar-refractivity contribution in [3.8, 4) is 0 Å². The molecule has 0 bridgehead atoms. The second-order valence-corrected chi connectivity index (χ2v) is 6.46. The minimum atomic E-state index is 0. The first-order valence-electron chi connectivity index (χ1n) is 8.09. The van der Waals surface area contributed by atoms with Crippen LogP contribution in [0.25, 0.3) is 0 Å². The Balaban J connectivity index is 0.00000176. The number of halogens is 1. The Kier molecular flexibility index (Phi) is 6.05. The fourth-order valence-corrected chi connectivity index (χ4v) is 3.00. The molecule has 6 nitrogen and oxygen atoms in total. The highest BCUT2D eigenvalue weighted by molar-refractivity contribution is 14.0. The van der Waals surface area contributed by atoms with Crippen LogP contribution >= 0.6 is 24.0 Å². The molecule has 1 atom stereocenters. The van der Waals surface area contributed by atoms with Gasteiger partial charge in [-0.15, -0.1) is 34.2 Å². The van der Waals surface area contributed by atoms with Gasteiger partial charge in [-0.2, -0.15) is 0 Å². The van der Waals surface area contributed by atoms with Crippen molar-refractivity contribution >= 4 is 29.9 Å². The third-order valence-corrected chi connectivity index (χ3v) is 4.50. The largest absolute Gasteiger partial charge is 0.354 e. The van der Waals surface area contributed by atoms with E-state index in [0.29, 0.717) is 18.0 Å². The van der Waals surface area contributed by atoms with E-state index in [1.54, 1.807) is 0 Å². The van der Waals surface area contributed by atoms with Gasteiger partial charge >= 0.3 is 0 Å². The minimum Gasteiger partial charge on any atom is -0.354 e. The maximum Gasteiger partial charge on any atom is 0.191 e. The van der Waals surface area contributed by atoms with Crippen LogP contribution < -0.4 is 10.6 Å². The smallest absolute Gasteiger partial charge is 0.191 e. The van der Waals surface area contributed by atoms with Crippen LogP contribution in [0.5, 0.6) is 0 Å². The zero-order valence-electron chi connectivity index (χ0n) is 13.7. The van der Waals surface area contributed by atoms with Gasteiger partial charge in [0.1, 0.15) is 11.6 Å². The molecule has 2 heterocycles. The van der Waals surface area contributed by atoms with Crippen LogP contribution in [-0.4, -0.2) is 39.9 Å². The number of fused-ring (bicyclic) bond motifs is 1. The molecule has 0 radical (unpaired) electrons. The van der Waals surface area contributed by atoms with Gasteiger partial charge in [-0.05, 0) is 25.7 Å². The predicted octanol–water partition coefficient (Wildman–Crippen LogP) is 2.05. The van der Waals surface area contributed by atoms with Crippen LogP contribution in [0, 0.1) is 0 Å². The third kappa shape index (κ3) is 3.72. The average molecular weight is 418 g/mol. The number of nitrogens with zero attached hydrogens (tertiary/aromatic N) is 4. The van der Waals surface area contributed by atoms with E-state index in [9.17, 15) is 0 Å². The standard InChI is InChI=1S/C15H26N6.HI/c1-10(2)14-20-19-13-8-7-12(9-21(13)14)18-15(16-3)17-11-5-4-6-11;/h10-12H,4-9H2,1-3H3,(H2,16,17,18);1H. The molecule has 0 aromatic carbocycles. The van der Waals surface area contributed by atoms with Crippen molar-refractivity contribution in [2.24, 2.45) is 4.99 Å². The highest BCUT2D eigenvalue weighted by atomic mass is 127. The van der Waals surface area contributed by atoms with Gasteiger partial charge in [0.15, 0.2) is 5.96 Å². The average Bonchev–Trinajstić information content (AvgIpc) is 2.84. The molecule has 1 aromatic rings. The van der Waals surface area contributed by atoms with Gasteiger partial charge in [-0.25, -0.2) is 0 Å². The van der Waals surface area contributed by atoms with Gasteiger partial charge < -0.3 is 15.2 Å². The summed E-state index contributed by atoms with van der Waals surface area (Å²) >= 11 is 0. The van der Waals surface area contributed by atoms with Crippen LogP contribution in [0.4, 0.5) is 0 Å². The summed E-state index contributed by atoms with van der Waals surface area (Å²) in [5.74, 6) is 3.57. The fraction of sp³-hybridized carbons (Fsp3) is 0.800. The lowest BCUT2D eigenvalue weighted by Gasteiger charge is -2.31. The Morgan fingerprint density at radius 2 is 1.91 bits per heavy atom. The number of rotatable bonds is 3. The third-order valence-electron chi connectivity index (χ3n) is 4.50. The van der Waals surface area contributed by atoms with Crippen molar-refractivity contribution in [2.45, 2.75) is 70.5 Å². The molecule has 7 heteroatoms. The normalized spacial score (nSPS) is 21.8. The quantitative estimate of drug-likeness (QED) is 0.448. The zero-order chi connectivity index (χ0) is 14.8. The Bertz CT molecular complexity index is 520. The van der Waals surface area contributed by atoms with Crippen LogP contribution in [-0.2, 0) is 13.0 Å². The second-order valence-electron chi connectivity index (χ2n) is 6.46. The monoisotopic (exact) mass is 418 g/mol. The molecule has 1 aliphatic heterocycles. The summed E-state index contributed by atoms with van der Waals surface area (Å²) in [6.07, 6.45) is 5.93. The summed E-state index contributed by atoms with van der Waals surface area (Å²) in [6.45, 7) is 5.28. The molecule has 22 heavy (non-hydrogen) atoms. The number of hydrogen-bond donors (Lipinski definition) is 2. The molecule has 0 spiro atoms. The van der Waals surface area contributed by atoms with Gasteiger partial charge in [0.2, 0.25) is 0 Å². The van der Waals surface area contributed by atoms with Crippen LogP contribution in [0.2, 0.25) is 0 Å². The maximum absolute atomic E-state index is 4.36. The lowest BCUT2D eigenvalue weighted by atomic mass is 9.93. The lowest BCUT2D eigenvalue weighted by Crippen LogP contribution is -2.51. The first kappa shape index (κ1) is 17.5. The Hall–Kier alpha value is -0.860. The Morgan fingerprint density at radius 1 is 1.18 bits per heavy atom. The summed E-state index contributed by atoms with van der Waals surface area (Å²) in [7, 11) is 1.85. The molecule has 124 valence electrons. The van der Waals surface area contributed by atoms with E-state index in [1.165, 1.54) is 19.3 Å². The van der Waals surface area contributed by atoms with Gasteiger partial charge in [0, 0.05) is 38.0 Å². The van der Waals surface area contributed by atoms with E-state index < -0.39 is 0 Å². The number of hydrogen-bond acceptors (Lipinski definition) is 3. The SMILES string of the molecule is CN=C(NC1CCC1)NC1CCc2nnc(C(C)C)n2C1.I. The molecular weight excluding hydrogens is 391 g/mol. The Morgan fingerprint density at radius 3 is 2.50 bits per heavy atom. The molecule has 2 aliphatic rings. The lowest BCUT2D eigenvalue weighted by molar-refractivity contribution is 0.367. The van der Waals surface area contributed by atoms with E-state index in [0.717, 1.165) is 37.0 Å². The summed E-state index contributed by atoms with van der Waals surface area (Å²) in [4.78, 5) is 4.36. The molecular formula is C15H27IN6. The van der Waals surface area contributed by atoms with Crippen LogP contribution in [0.3, 0.4) is 0 Å². The minimum absolute atomic E-state index is 0. The zero-order valence-corrected chi connectivity index (χ0v) is 16.0. The van der Waals surface area contributed by atoms with Crippen molar-refractivity contribution in [3.05, 3.63) is 11.6 Å². The van der Waals surface area contributed by atoms with Crippen molar-refractivity contribution in [3.63, 3.8) is 0 Å². The molecule has 1 fully saturated rings. The number of aliphatic imine (C=N–C) groups is 1. The summed E-state index contributed by atoms with van der Waals surface area (Å²) < 4.78 is 2.28. The molecule has 3 rings (SSSR count). The van der Waals surface area contributed by atoms with Crippen molar-refractivity contribution in [1.29, 1.82) is 0 Å². The van der Waals surface area contributed by atoms with E-state index in [-0.39, 0.29) is 24.0 Å². The molecule has 2 N–H and O–H groups in total. The molecule has 1 aromatic heterocycles. The second kappa shape index (κ2) is 7.61. The highest BCUT2D eigenvalue weighted by Gasteiger charge is 2.25. The van der Waals surface area contributed by atoms with E-state index >= 15 is 0 Å².